The van der Waals surface area contributed by atoms with E-state index in [1.165, 1.54) is 21.6 Å². The minimum absolute atomic E-state index is 0.0247. The zero-order valence-corrected chi connectivity index (χ0v) is 11.0. The van der Waals surface area contributed by atoms with Crippen LogP contribution < -0.4 is 5.32 Å². The summed E-state index contributed by atoms with van der Waals surface area (Å²) in [6.07, 6.45) is 0. The smallest absolute Gasteiger partial charge is 0.244 e. The van der Waals surface area contributed by atoms with E-state index in [1.54, 1.807) is 21.0 Å². The fraction of sp³-hybridized carbons (Fsp3) is 0.700. The molecule has 0 radical (unpaired) electrons. The van der Waals surface area contributed by atoms with E-state index in [2.05, 4.69) is 5.32 Å². The summed E-state index contributed by atoms with van der Waals surface area (Å²) in [6.45, 7) is 1.65. The number of hydrogen-bond acceptors (Lipinski definition) is 4. The van der Waals surface area contributed by atoms with Crippen LogP contribution in [0.4, 0.5) is 0 Å². The molecule has 1 N–H and O–H groups in total. The van der Waals surface area contributed by atoms with Crippen LogP contribution in [0.5, 0.6) is 0 Å². The Morgan fingerprint density at radius 3 is 2.65 bits per heavy atom. The second kappa shape index (κ2) is 5.90. The number of carbonyl (C=O) groups is 3. The Morgan fingerprint density at radius 2 is 2.18 bits per heavy atom. The van der Waals surface area contributed by atoms with E-state index < -0.39 is 6.04 Å². The number of thioether (sulfide) groups is 1. The molecule has 1 aliphatic heterocycles. The van der Waals surface area contributed by atoms with Crippen LogP contribution in [0.15, 0.2) is 0 Å². The minimum Gasteiger partial charge on any atom is -0.347 e. The highest BCUT2D eigenvalue weighted by atomic mass is 32.2. The van der Waals surface area contributed by atoms with Crippen molar-refractivity contribution in [2.24, 2.45) is 0 Å². The minimum atomic E-state index is -0.567. The van der Waals surface area contributed by atoms with Gasteiger partial charge in [0, 0.05) is 14.1 Å². The molecule has 7 heteroatoms. The molecule has 0 aliphatic carbocycles. The summed E-state index contributed by atoms with van der Waals surface area (Å²) in [5.41, 5.74) is 0. The Bertz CT molecular complexity index is 333. The van der Waals surface area contributed by atoms with Crippen LogP contribution in [0.25, 0.3) is 0 Å². The fourth-order valence-corrected chi connectivity index (χ4v) is 2.35. The van der Waals surface area contributed by atoms with E-state index in [0.29, 0.717) is 11.6 Å². The Balaban J connectivity index is 2.39. The molecule has 1 heterocycles. The van der Waals surface area contributed by atoms with Crippen molar-refractivity contribution in [2.45, 2.75) is 13.0 Å². The van der Waals surface area contributed by atoms with Crippen LogP contribution in [0.3, 0.4) is 0 Å². The van der Waals surface area contributed by atoms with Crippen molar-refractivity contribution in [3.05, 3.63) is 0 Å². The van der Waals surface area contributed by atoms with Crippen molar-refractivity contribution in [3.8, 4) is 0 Å². The fourth-order valence-electron chi connectivity index (χ4n) is 1.45. The van der Waals surface area contributed by atoms with Crippen molar-refractivity contribution < 1.29 is 14.4 Å². The van der Waals surface area contributed by atoms with Gasteiger partial charge in [0.2, 0.25) is 17.7 Å². The molecule has 0 aromatic rings. The molecule has 1 rings (SSSR count). The second-order valence-corrected chi connectivity index (χ2v) is 5.05. The van der Waals surface area contributed by atoms with E-state index in [9.17, 15) is 14.4 Å². The van der Waals surface area contributed by atoms with Gasteiger partial charge >= 0.3 is 0 Å². The van der Waals surface area contributed by atoms with E-state index in [4.69, 9.17) is 0 Å². The summed E-state index contributed by atoms with van der Waals surface area (Å²) in [7, 11) is 3.26. The number of nitrogens with zero attached hydrogens (tertiary/aromatic N) is 2. The highest BCUT2D eigenvalue weighted by Crippen LogP contribution is 2.13. The predicted octanol–water partition coefficient (Wildman–Crippen LogP) is -0.888. The van der Waals surface area contributed by atoms with Crippen molar-refractivity contribution in [3.63, 3.8) is 0 Å². The number of rotatable bonds is 4. The predicted molar refractivity (Wildman–Crippen MR) is 65.3 cm³/mol. The summed E-state index contributed by atoms with van der Waals surface area (Å²) in [5.74, 6) is 0.475. The standard InChI is InChI=1S/C10H17N3O3S/c1-7(10(16)12(2)3)11-8(14)4-13-6-17-5-9(13)15/h7H,4-6H2,1-3H3,(H,11,14). The highest BCUT2D eigenvalue weighted by molar-refractivity contribution is 8.00. The first kappa shape index (κ1) is 13.8. The average Bonchev–Trinajstić information content (AvgIpc) is 2.62. The van der Waals surface area contributed by atoms with Crippen molar-refractivity contribution >= 4 is 29.5 Å². The molecule has 17 heavy (non-hydrogen) atoms. The van der Waals surface area contributed by atoms with Crippen LogP contribution >= 0.6 is 11.8 Å². The summed E-state index contributed by atoms with van der Waals surface area (Å²) in [5, 5.41) is 2.58. The average molecular weight is 259 g/mol. The highest BCUT2D eigenvalue weighted by Gasteiger charge is 2.24. The largest absolute Gasteiger partial charge is 0.347 e. The summed E-state index contributed by atoms with van der Waals surface area (Å²) in [6, 6.07) is -0.567. The molecule has 0 spiro atoms. The van der Waals surface area contributed by atoms with Gasteiger partial charge in [0.1, 0.15) is 12.6 Å². The van der Waals surface area contributed by atoms with Crippen LogP contribution in [-0.2, 0) is 14.4 Å². The maximum absolute atomic E-state index is 11.6. The van der Waals surface area contributed by atoms with E-state index in [1.807, 2.05) is 0 Å². The van der Waals surface area contributed by atoms with Crippen molar-refractivity contribution in [1.82, 2.24) is 15.1 Å². The Kier molecular flexibility index (Phi) is 4.80. The third-order valence-electron chi connectivity index (χ3n) is 2.35. The van der Waals surface area contributed by atoms with Gasteiger partial charge in [-0.15, -0.1) is 11.8 Å². The van der Waals surface area contributed by atoms with Crippen LogP contribution in [0, 0.1) is 0 Å². The molecule has 96 valence electrons. The molecular weight excluding hydrogens is 242 g/mol. The van der Waals surface area contributed by atoms with E-state index in [0.717, 1.165) is 0 Å². The van der Waals surface area contributed by atoms with Gasteiger partial charge in [0.15, 0.2) is 0 Å². The SMILES string of the molecule is CC(NC(=O)CN1CSCC1=O)C(=O)N(C)C. The number of likely N-dealkylation sites (N-methyl/N-ethyl adjacent to an activating group) is 1. The van der Waals surface area contributed by atoms with Crippen LogP contribution in [-0.4, -0.2) is 65.8 Å². The van der Waals surface area contributed by atoms with Crippen LogP contribution in [0.2, 0.25) is 0 Å². The third-order valence-corrected chi connectivity index (χ3v) is 3.29. The first-order valence-corrected chi connectivity index (χ1v) is 6.43. The molecule has 0 bridgehead atoms. The zero-order valence-electron chi connectivity index (χ0n) is 10.2. The maximum atomic E-state index is 11.6. The molecular formula is C10H17N3O3S. The van der Waals surface area contributed by atoms with Gasteiger partial charge in [-0.2, -0.15) is 0 Å². The van der Waals surface area contributed by atoms with E-state index in [-0.39, 0.29) is 24.3 Å². The molecule has 0 saturated carbocycles. The second-order valence-electron chi connectivity index (χ2n) is 4.09. The van der Waals surface area contributed by atoms with Gasteiger partial charge in [-0.05, 0) is 6.92 Å². The van der Waals surface area contributed by atoms with Crippen LogP contribution in [0.1, 0.15) is 6.92 Å². The first-order chi connectivity index (χ1) is 7.91. The zero-order chi connectivity index (χ0) is 13.0. The molecule has 6 nitrogen and oxygen atoms in total. The summed E-state index contributed by atoms with van der Waals surface area (Å²) >= 11 is 1.48. The first-order valence-electron chi connectivity index (χ1n) is 5.28. The number of nitrogens with one attached hydrogen (secondary N) is 1. The van der Waals surface area contributed by atoms with Crippen molar-refractivity contribution in [2.75, 3.05) is 32.3 Å². The lowest BCUT2D eigenvalue weighted by Gasteiger charge is -2.20. The third kappa shape index (κ3) is 3.92. The number of amides is 3. The molecule has 3 amide bonds. The quantitative estimate of drug-likeness (QED) is 0.711. The van der Waals surface area contributed by atoms with Gasteiger partial charge in [-0.1, -0.05) is 0 Å². The molecule has 1 unspecified atom stereocenters. The lowest BCUT2D eigenvalue weighted by atomic mass is 10.3. The van der Waals surface area contributed by atoms with Gasteiger partial charge in [-0.3, -0.25) is 14.4 Å². The lowest BCUT2D eigenvalue weighted by Crippen LogP contribution is -2.47. The van der Waals surface area contributed by atoms with Gasteiger partial charge in [0.05, 0.1) is 11.6 Å². The summed E-state index contributed by atoms with van der Waals surface area (Å²) in [4.78, 5) is 37.3. The Labute approximate surface area is 105 Å². The van der Waals surface area contributed by atoms with Gasteiger partial charge < -0.3 is 15.1 Å². The molecule has 1 aliphatic rings. The van der Waals surface area contributed by atoms with E-state index >= 15 is 0 Å². The molecule has 1 saturated heterocycles. The molecule has 0 aromatic heterocycles. The monoisotopic (exact) mass is 259 g/mol. The van der Waals surface area contributed by atoms with Gasteiger partial charge in [-0.25, -0.2) is 0 Å². The Hall–Kier alpha value is -1.24. The normalized spacial score (nSPS) is 16.9. The number of hydrogen-bond donors (Lipinski definition) is 1. The van der Waals surface area contributed by atoms with Crippen molar-refractivity contribution in [1.29, 1.82) is 0 Å². The topological polar surface area (TPSA) is 69.7 Å². The maximum Gasteiger partial charge on any atom is 0.244 e. The van der Waals surface area contributed by atoms with Gasteiger partial charge in [0.25, 0.3) is 0 Å². The Morgan fingerprint density at radius 1 is 1.53 bits per heavy atom. The molecule has 1 fully saturated rings. The molecule has 0 aromatic carbocycles. The number of carbonyl (C=O) groups excluding carboxylic acids is 3. The lowest BCUT2D eigenvalue weighted by molar-refractivity contribution is -0.136. The summed E-state index contributed by atoms with van der Waals surface area (Å²) < 4.78 is 0. The molecule has 1 atom stereocenters.